The molecule has 0 aromatic carbocycles. The van der Waals surface area contributed by atoms with Gasteiger partial charge in [0.25, 0.3) is 0 Å². The molecule has 0 radical (unpaired) electrons. The van der Waals surface area contributed by atoms with E-state index in [0.29, 0.717) is 24.3 Å². The smallest absolute Gasteiger partial charge is 0.226 e. The second-order valence-corrected chi connectivity index (χ2v) is 5.76. The van der Waals surface area contributed by atoms with Crippen LogP contribution in [-0.2, 0) is 9.53 Å². The molecule has 0 spiro atoms. The van der Waals surface area contributed by atoms with Crippen LogP contribution in [0.25, 0.3) is 0 Å². The summed E-state index contributed by atoms with van der Waals surface area (Å²) in [5.41, 5.74) is 5.77. The number of nitrogens with zero attached hydrogens (tertiary/aromatic N) is 1. The minimum atomic E-state index is 0. The molecule has 0 unspecified atom stereocenters. The van der Waals surface area contributed by atoms with Gasteiger partial charge in [0, 0.05) is 32.7 Å². The number of piperidine rings is 1. The Morgan fingerprint density at radius 1 is 1.26 bits per heavy atom. The van der Waals surface area contributed by atoms with Crippen LogP contribution in [0.2, 0.25) is 0 Å². The van der Waals surface area contributed by atoms with Gasteiger partial charge in [-0.15, -0.1) is 12.4 Å². The third-order valence-electron chi connectivity index (χ3n) is 4.61. The van der Waals surface area contributed by atoms with Gasteiger partial charge in [0.2, 0.25) is 5.91 Å². The maximum Gasteiger partial charge on any atom is 0.226 e. The zero-order valence-electron chi connectivity index (χ0n) is 11.8. The molecule has 1 heterocycles. The zero-order chi connectivity index (χ0) is 13.0. The Kier molecular flexibility index (Phi) is 7.11. The van der Waals surface area contributed by atoms with Crippen molar-refractivity contribution in [2.24, 2.45) is 23.5 Å². The first-order valence-electron chi connectivity index (χ1n) is 7.24. The summed E-state index contributed by atoms with van der Waals surface area (Å²) in [4.78, 5) is 14.5. The number of methoxy groups -OCH3 is 1. The second kappa shape index (κ2) is 8.08. The van der Waals surface area contributed by atoms with E-state index in [1.165, 1.54) is 6.42 Å². The highest BCUT2D eigenvalue weighted by Gasteiger charge is 2.35. The minimum absolute atomic E-state index is 0. The monoisotopic (exact) mass is 290 g/mol. The van der Waals surface area contributed by atoms with Crippen LogP contribution in [0.5, 0.6) is 0 Å². The lowest BCUT2D eigenvalue weighted by atomic mass is 9.92. The number of carbonyl (C=O) groups excluding carboxylic acids is 1. The second-order valence-electron chi connectivity index (χ2n) is 5.76. The van der Waals surface area contributed by atoms with Crippen LogP contribution < -0.4 is 5.73 Å². The molecule has 2 fully saturated rings. The Balaban J connectivity index is 0.00000180. The summed E-state index contributed by atoms with van der Waals surface area (Å²) in [6.07, 6.45) is 5.50. The van der Waals surface area contributed by atoms with Crippen molar-refractivity contribution in [3.63, 3.8) is 0 Å². The Morgan fingerprint density at radius 2 is 1.95 bits per heavy atom. The van der Waals surface area contributed by atoms with Crippen molar-refractivity contribution in [3.05, 3.63) is 0 Å². The molecule has 1 amide bonds. The normalized spacial score (nSPS) is 28.2. The van der Waals surface area contributed by atoms with Gasteiger partial charge in [-0.3, -0.25) is 4.79 Å². The van der Waals surface area contributed by atoms with Crippen molar-refractivity contribution in [2.75, 3.05) is 33.4 Å². The highest BCUT2D eigenvalue weighted by atomic mass is 35.5. The van der Waals surface area contributed by atoms with Crippen molar-refractivity contribution in [3.8, 4) is 0 Å². The Morgan fingerprint density at radius 3 is 2.53 bits per heavy atom. The molecule has 2 rings (SSSR count). The molecule has 0 aromatic heterocycles. The molecule has 0 aromatic rings. The average Bonchev–Trinajstić information content (AvgIpc) is 2.87. The summed E-state index contributed by atoms with van der Waals surface area (Å²) in [5, 5.41) is 0. The SMILES string of the molecule is COCC1CCN(C(=O)[C@@H]2CCC[C@@H]2CN)CC1.Cl. The first-order valence-corrected chi connectivity index (χ1v) is 7.24. The number of nitrogens with two attached hydrogens (primary N) is 1. The zero-order valence-corrected chi connectivity index (χ0v) is 12.7. The van der Waals surface area contributed by atoms with Crippen LogP contribution in [0, 0.1) is 17.8 Å². The fraction of sp³-hybridized carbons (Fsp3) is 0.929. The molecule has 2 atom stereocenters. The van der Waals surface area contributed by atoms with Crippen LogP contribution in [0.15, 0.2) is 0 Å². The van der Waals surface area contributed by atoms with Gasteiger partial charge in [-0.1, -0.05) is 6.42 Å². The fourth-order valence-electron chi connectivity index (χ4n) is 3.43. The van der Waals surface area contributed by atoms with E-state index in [4.69, 9.17) is 10.5 Å². The van der Waals surface area contributed by atoms with E-state index in [9.17, 15) is 4.79 Å². The fourth-order valence-corrected chi connectivity index (χ4v) is 3.43. The van der Waals surface area contributed by atoms with Crippen molar-refractivity contribution in [2.45, 2.75) is 32.1 Å². The van der Waals surface area contributed by atoms with Gasteiger partial charge in [-0.2, -0.15) is 0 Å². The van der Waals surface area contributed by atoms with Crippen LogP contribution in [0.1, 0.15) is 32.1 Å². The average molecular weight is 291 g/mol. The van der Waals surface area contributed by atoms with Gasteiger partial charge in [-0.25, -0.2) is 0 Å². The summed E-state index contributed by atoms with van der Waals surface area (Å²) >= 11 is 0. The van der Waals surface area contributed by atoms with Crippen LogP contribution in [0.4, 0.5) is 0 Å². The van der Waals surface area contributed by atoms with E-state index in [-0.39, 0.29) is 18.3 Å². The summed E-state index contributed by atoms with van der Waals surface area (Å²) in [6.45, 7) is 3.30. The van der Waals surface area contributed by atoms with Crippen molar-refractivity contribution >= 4 is 18.3 Å². The maximum absolute atomic E-state index is 12.5. The minimum Gasteiger partial charge on any atom is -0.384 e. The molecule has 1 saturated heterocycles. The summed E-state index contributed by atoms with van der Waals surface area (Å²) in [5.74, 6) is 1.62. The van der Waals surface area contributed by atoms with E-state index in [0.717, 1.165) is 45.4 Å². The van der Waals surface area contributed by atoms with Crippen LogP contribution in [-0.4, -0.2) is 44.2 Å². The number of hydrogen-bond acceptors (Lipinski definition) is 3. The van der Waals surface area contributed by atoms with E-state index < -0.39 is 0 Å². The number of rotatable bonds is 4. The van der Waals surface area contributed by atoms with E-state index in [1.54, 1.807) is 7.11 Å². The van der Waals surface area contributed by atoms with Gasteiger partial charge >= 0.3 is 0 Å². The highest BCUT2D eigenvalue weighted by molar-refractivity contribution is 5.85. The lowest BCUT2D eigenvalue weighted by Gasteiger charge is -2.34. The summed E-state index contributed by atoms with van der Waals surface area (Å²) < 4.78 is 5.19. The maximum atomic E-state index is 12.5. The topological polar surface area (TPSA) is 55.6 Å². The van der Waals surface area contributed by atoms with E-state index in [2.05, 4.69) is 4.90 Å². The first kappa shape index (κ1) is 16.7. The number of likely N-dealkylation sites (tertiary alicyclic amines) is 1. The van der Waals surface area contributed by atoms with Gasteiger partial charge in [-0.05, 0) is 44.1 Å². The largest absolute Gasteiger partial charge is 0.384 e. The molecule has 2 N–H and O–H groups in total. The molecular weight excluding hydrogens is 264 g/mol. The summed E-state index contributed by atoms with van der Waals surface area (Å²) in [6, 6.07) is 0. The number of hydrogen-bond donors (Lipinski definition) is 1. The number of carbonyl (C=O) groups is 1. The number of halogens is 1. The van der Waals surface area contributed by atoms with Crippen LogP contribution in [0.3, 0.4) is 0 Å². The standard InChI is InChI=1S/C14H26N2O2.ClH/c1-18-10-11-5-7-16(8-6-11)14(17)13-4-2-3-12(13)9-15;/h11-13H,2-10,15H2,1H3;1H/t12-,13-;/m1./s1. The molecule has 4 nitrogen and oxygen atoms in total. The number of ether oxygens (including phenoxy) is 1. The van der Waals surface area contributed by atoms with Gasteiger partial charge in [0.1, 0.15) is 0 Å². The van der Waals surface area contributed by atoms with Gasteiger partial charge in [0.15, 0.2) is 0 Å². The molecule has 1 saturated carbocycles. The predicted octanol–water partition coefficient (Wildman–Crippen LogP) is 1.67. The van der Waals surface area contributed by atoms with Crippen molar-refractivity contribution in [1.82, 2.24) is 4.90 Å². The van der Waals surface area contributed by atoms with Gasteiger partial charge in [0.05, 0.1) is 0 Å². The quantitative estimate of drug-likeness (QED) is 0.857. The Labute approximate surface area is 122 Å². The molecule has 0 bridgehead atoms. The third kappa shape index (κ3) is 4.07. The molecular formula is C14H27ClN2O2. The van der Waals surface area contributed by atoms with Gasteiger partial charge < -0.3 is 15.4 Å². The predicted molar refractivity (Wildman–Crippen MR) is 78.3 cm³/mol. The van der Waals surface area contributed by atoms with E-state index in [1.807, 2.05) is 0 Å². The molecule has 112 valence electrons. The molecule has 5 heteroatoms. The first-order chi connectivity index (χ1) is 8.76. The third-order valence-corrected chi connectivity index (χ3v) is 4.61. The molecule has 1 aliphatic carbocycles. The molecule has 19 heavy (non-hydrogen) atoms. The van der Waals surface area contributed by atoms with Crippen molar-refractivity contribution < 1.29 is 9.53 Å². The van der Waals surface area contributed by atoms with Crippen LogP contribution >= 0.6 is 12.4 Å². The van der Waals surface area contributed by atoms with Crippen molar-refractivity contribution in [1.29, 1.82) is 0 Å². The molecule has 2 aliphatic rings. The number of amides is 1. The Bertz CT molecular complexity index is 281. The van der Waals surface area contributed by atoms with E-state index >= 15 is 0 Å². The lowest BCUT2D eigenvalue weighted by molar-refractivity contribution is -0.138. The highest BCUT2D eigenvalue weighted by Crippen LogP contribution is 2.33. The molecule has 1 aliphatic heterocycles. The Hall–Kier alpha value is -0.320. The lowest BCUT2D eigenvalue weighted by Crippen LogP contribution is -2.44. The summed E-state index contributed by atoms with van der Waals surface area (Å²) in [7, 11) is 1.75.